The third-order valence-corrected chi connectivity index (χ3v) is 18.9. The van der Waals surface area contributed by atoms with Crippen LogP contribution in [0.15, 0.2) is 70.3 Å². The molecule has 322 valence electrons. The molecule has 7 heteroatoms. The van der Waals surface area contributed by atoms with Gasteiger partial charge in [-0.2, -0.15) is 15.8 Å². The highest BCUT2D eigenvalue weighted by atomic mass is 15.4. The minimum atomic E-state index is 0.106. The maximum atomic E-state index is 10.4. The van der Waals surface area contributed by atoms with Crippen molar-refractivity contribution in [2.75, 3.05) is 0 Å². The number of piperidine rings is 1. The van der Waals surface area contributed by atoms with Gasteiger partial charge in [-0.05, 0) is 186 Å². The van der Waals surface area contributed by atoms with Crippen LogP contribution in [0.2, 0.25) is 0 Å². The Labute approximate surface area is 367 Å². The Kier molecular flexibility index (Phi) is 11.2. The molecule has 4 heterocycles. The molecule has 61 heavy (non-hydrogen) atoms. The van der Waals surface area contributed by atoms with E-state index < -0.39 is 0 Å². The van der Waals surface area contributed by atoms with Crippen LogP contribution in [0.25, 0.3) is 0 Å². The van der Waals surface area contributed by atoms with E-state index in [1.807, 2.05) is 0 Å². The van der Waals surface area contributed by atoms with Crippen molar-refractivity contribution in [1.82, 2.24) is 20.4 Å². The number of allylic oxidation sites excluding steroid dienone is 7. The molecule has 0 aromatic carbocycles. The van der Waals surface area contributed by atoms with E-state index in [2.05, 4.69) is 75.2 Å². The van der Waals surface area contributed by atoms with E-state index in [1.54, 1.807) is 28.0 Å². The van der Waals surface area contributed by atoms with E-state index >= 15 is 0 Å². The van der Waals surface area contributed by atoms with Gasteiger partial charge in [0.15, 0.2) is 0 Å². The normalized spacial score (nSPS) is 43.2. The first-order valence-electron chi connectivity index (χ1n) is 25.6. The van der Waals surface area contributed by atoms with Crippen molar-refractivity contribution >= 4 is 0 Å². The van der Waals surface area contributed by atoms with Crippen LogP contribution in [-0.4, -0.2) is 34.3 Å². The topological polar surface area (TPSA) is 102 Å². The lowest BCUT2D eigenvalue weighted by atomic mass is 9.58. The number of hydrogen-bond acceptors (Lipinski definition) is 7. The Hall–Kier alpha value is -3.73. The fraction of sp³-hybridized carbons (Fsp3) is 0.722. The molecule has 1 saturated heterocycles. The highest BCUT2D eigenvalue weighted by molar-refractivity contribution is 5.42. The van der Waals surface area contributed by atoms with Gasteiger partial charge in [0.1, 0.15) is 6.17 Å². The van der Waals surface area contributed by atoms with Gasteiger partial charge in [-0.25, -0.2) is 0 Å². The van der Waals surface area contributed by atoms with E-state index in [0.717, 1.165) is 57.8 Å². The number of nitrogens with zero attached hydrogens (tertiary/aromatic N) is 5. The second-order valence-electron chi connectivity index (χ2n) is 21.6. The summed E-state index contributed by atoms with van der Waals surface area (Å²) < 4.78 is 0. The SMILES string of the molecule is N#CC1CCC2=C(C1)C1CC(C#N)CCC1N2C1CC(C2CCCCC2C2=CCCC=C2C2CCCCC2C2CCCCC2C#N)CC(N2C3=C(CCC=C3)C3C=CNC32)N1. The summed E-state index contributed by atoms with van der Waals surface area (Å²) in [6, 6.07) is 8.63. The molecule has 0 aromatic rings. The predicted octanol–water partition coefficient (Wildman–Crippen LogP) is 11.4. The highest BCUT2D eigenvalue weighted by Gasteiger charge is 2.53. The van der Waals surface area contributed by atoms with Crippen LogP contribution in [0.5, 0.6) is 0 Å². The highest BCUT2D eigenvalue weighted by Crippen LogP contribution is 2.56. The molecule has 7 nitrogen and oxygen atoms in total. The second kappa shape index (κ2) is 17.1. The van der Waals surface area contributed by atoms with Gasteiger partial charge in [0.25, 0.3) is 0 Å². The first kappa shape index (κ1) is 40.1. The summed E-state index contributed by atoms with van der Waals surface area (Å²) in [5, 5.41) is 39.1. The Morgan fingerprint density at radius 3 is 2.08 bits per heavy atom. The van der Waals surface area contributed by atoms with Crippen molar-refractivity contribution in [1.29, 1.82) is 15.8 Å². The summed E-state index contributed by atoms with van der Waals surface area (Å²) in [7, 11) is 0. The van der Waals surface area contributed by atoms with Gasteiger partial charge >= 0.3 is 0 Å². The summed E-state index contributed by atoms with van der Waals surface area (Å²) in [5.74, 6) is 5.09. The van der Waals surface area contributed by atoms with Gasteiger partial charge < -0.3 is 15.1 Å². The standard InChI is InChI=1S/C54H71N7/c55-31-34-21-23-50-47(27-34)48-28-35(32-56)22-24-51(48)60(50)52-29-37(30-53(59-52)61-49-20-10-9-19-45(49)46-25-26-58-54(46)61)39-13-3-4-15-41(39)43-17-7-8-18-44(43)42-16-6-5-14-40(42)38-12-2-1-11-36(38)33-57/h10,17-18,20,25-26,34-42,46-47,50,52-54,58-59H,1-9,11-16,19,21-24,27-30H2. The molecule has 15 atom stereocenters. The molecule has 11 rings (SSSR count). The molecule has 0 aromatic heterocycles. The zero-order valence-corrected chi connectivity index (χ0v) is 36.8. The van der Waals surface area contributed by atoms with E-state index in [1.165, 1.54) is 102 Å². The van der Waals surface area contributed by atoms with Gasteiger partial charge in [-0.3, -0.25) is 5.32 Å². The van der Waals surface area contributed by atoms with Crippen molar-refractivity contribution in [2.45, 2.75) is 179 Å². The largest absolute Gasteiger partial charge is 0.371 e. The molecule has 15 unspecified atom stereocenters. The van der Waals surface area contributed by atoms with E-state index in [4.69, 9.17) is 0 Å². The third-order valence-electron chi connectivity index (χ3n) is 18.9. The van der Waals surface area contributed by atoms with E-state index in [9.17, 15) is 15.8 Å². The van der Waals surface area contributed by atoms with Crippen LogP contribution < -0.4 is 10.6 Å². The van der Waals surface area contributed by atoms with Crippen molar-refractivity contribution in [3.63, 3.8) is 0 Å². The fourth-order valence-corrected chi connectivity index (χ4v) is 16.3. The van der Waals surface area contributed by atoms with Gasteiger partial charge in [0.05, 0.1) is 36.5 Å². The van der Waals surface area contributed by atoms with E-state index in [0.29, 0.717) is 53.4 Å². The average Bonchev–Trinajstić information content (AvgIpc) is 4.02. The molecule has 5 fully saturated rings. The average molecular weight is 818 g/mol. The molecule has 0 spiro atoms. The lowest BCUT2D eigenvalue weighted by Gasteiger charge is -2.53. The van der Waals surface area contributed by atoms with Crippen LogP contribution in [-0.2, 0) is 0 Å². The van der Waals surface area contributed by atoms with Crippen molar-refractivity contribution < 1.29 is 0 Å². The van der Waals surface area contributed by atoms with E-state index in [-0.39, 0.29) is 36.3 Å². The molecule has 4 aliphatic heterocycles. The van der Waals surface area contributed by atoms with Crippen molar-refractivity contribution in [2.24, 2.45) is 65.1 Å². The minimum Gasteiger partial charge on any atom is -0.371 e. The maximum Gasteiger partial charge on any atom is 0.110 e. The zero-order chi connectivity index (χ0) is 41.0. The van der Waals surface area contributed by atoms with Gasteiger partial charge in [0.2, 0.25) is 0 Å². The van der Waals surface area contributed by atoms with Crippen LogP contribution in [0.1, 0.15) is 154 Å². The van der Waals surface area contributed by atoms with Crippen molar-refractivity contribution in [3.05, 3.63) is 70.3 Å². The lowest BCUT2D eigenvalue weighted by Crippen LogP contribution is -2.63. The van der Waals surface area contributed by atoms with Crippen molar-refractivity contribution in [3.8, 4) is 18.2 Å². The Morgan fingerprint density at radius 2 is 1.31 bits per heavy atom. The molecule has 7 aliphatic carbocycles. The molecule has 0 bridgehead atoms. The summed E-state index contributed by atoms with van der Waals surface area (Å²) in [6.07, 6.45) is 44.3. The van der Waals surface area contributed by atoms with Gasteiger partial charge in [-0.1, -0.05) is 62.8 Å². The number of fused-ring (bicyclic) bond motifs is 4. The zero-order valence-electron chi connectivity index (χ0n) is 36.8. The number of rotatable bonds is 6. The summed E-state index contributed by atoms with van der Waals surface area (Å²) >= 11 is 0. The summed E-state index contributed by atoms with van der Waals surface area (Å²) in [5.41, 5.74) is 9.69. The fourth-order valence-electron chi connectivity index (χ4n) is 16.3. The summed E-state index contributed by atoms with van der Waals surface area (Å²) in [6.45, 7) is 0. The number of nitrogens with one attached hydrogen (secondary N) is 2. The second-order valence-corrected chi connectivity index (χ2v) is 21.6. The van der Waals surface area contributed by atoms with Crippen LogP contribution in [0.3, 0.4) is 0 Å². The summed E-state index contributed by atoms with van der Waals surface area (Å²) in [4.78, 5) is 5.73. The monoisotopic (exact) mass is 818 g/mol. The smallest absolute Gasteiger partial charge is 0.110 e. The molecule has 0 radical (unpaired) electrons. The first-order chi connectivity index (χ1) is 30.1. The van der Waals surface area contributed by atoms with Crippen LogP contribution >= 0.6 is 0 Å². The first-order valence-corrected chi connectivity index (χ1v) is 25.6. The van der Waals surface area contributed by atoms with Crippen LogP contribution in [0.4, 0.5) is 0 Å². The number of hydrogen-bond donors (Lipinski definition) is 2. The van der Waals surface area contributed by atoms with Gasteiger partial charge in [0, 0.05) is 41.1 Å². The lowest BCUT2D eigenvalue weighted by molar-refractivity contribution is -0.00920. The third kappa shape index (κ3) is 7.05. The molecule has 11 aliphatic rings. The molecular weight excluding hydrogens is 747 g/mol. The molecule has 4 saturated carbocycles. The quantitative estimate of drug-likeness (QED) is 0.275. The Balaban J connectivity index is 0.947. The van der Waals surface area contributed by atoms with Crippen LogP contribution in [0, 0.1) is 99.1 Å². The molecule has 2 N–H and O–H groups in total. The Morgan fingerprint density at radius 1 is 0.607 bits per heavy atom. The predicted molar refractivity (Wildman–Crippen MR) is 240 cm³/mol. The minimum absolute atomic E-state index is 0.106. The number of nitriles is 3. The maximum absolute atomic E-state index is 10.4. The Bertz CT molecular complexity index is 2010. The molecule has 0 amide bonds. The van der Waals surface area contributed by atoms with Gasteiger partial charge in [-0.15, -0.1) is 0 Å². The molecular formula is C54H71N7.